The Hall–Kier alpha value is -2.41. The van der Waals surface area contributed by atoms with Crippen LogP contribution >= 0.6 is 0 Å². The predicted molar refractivity (Wildman–Crippen MR) is 69.3 cm³/mol. The first-order valence-corrected chi connectivity index (χ1v) is 6.10. The van der Waals surface area contributed by atoms with E-state index in [2.05, 4.69) is 9.97 Å². The standard InChI is InChI=1S/C14H10F3N3O/c15-14(16,17)10-3-4-12-19-13(9-2-1-5-18-6-9)11(8-21)20(12)7-10/h1-7,21H,8H2. The molecule has 7 heteroatoms. The summed E-state index contributed by atoms with van der Waals surface area (Å²) in [5.41, 5.74) is 0.901. The average Bonchev–Trinajstić information content (AvgIpc) is 2.84. The third-order valence-electron chi connectivity index (χ3n) is 3.13. The summed E-state index contributed by atoms with van der Waals surface area (Å²) < 4.78 is 39.6. The molecule has 0 atom stereocenters. The fraction of sp³-hybridized carbons (Fsp3) is 0.143. The van der Waals surface area contributed by atoms with E-state index < -0.39 is 18.3 Å². The highest BCUT2D eigenvalue weighted by molar-refractivity contribution is 5.65. The lowest BCUT2D eigenvalue weighted by molar-refractivity contribution is -0.137. The summed E-state index contributed by atoms with van der Waals surface area (Å²) in [6.45, 7) is -0.424. The minimum atomic E-state index is -4.44. The lowest BCUT2D eigenvalue weighted by atomic mass is 10.2. The quantitative estimate of drug-likeness (QED) is 0.790. The second-order valence-electron chi connectivity index (χ2n) is 4.45. The minimum absolute atomic E-state index is 0.295. The van der Waals surface area contributed by atoms with Crippen molar-refractivity contribution < 1.29 is 18.3 Å². The molecule has 0 aliphatic heterocycles. The predicted octanol–water partition coefficient (Wildman–Crippen LogP) is 2.91. The Morgan fingerprint density at radius 3 is 2.62 bits per heavy atom. The summed E-state index contributed by atoms with van der Waals surface area (Å²) in [7, 11) is 0. The molecule has 0 amide bonds. The Balaban J connectivity index is 2.24. The number of fused-ring (bicyclic) bond motifs is 1. The van der Waals surface area contributed by atoms with Gasteiger partial charge in [-0.15, -0.1) is 0 Å². The molecule has 0 bridgehead atoms. The topological polar surface area (TPSA) is 50.4 Å². The van der Waals surface area contributed by atoms with Crippen LogP contribution in [0.4, 0.5) is 13.2 Å². The van der Waals surface area contributed by atoms with E-state index in [-0.39, 0.29) is 0 Å². The Morgan fingerprint density at radius 2 is 2.00 bits per heavy atom. The van der Waals surface area contributed by atoms with E-state index in [0.717, 1.165) is 12.3 Å². The molecule has 3 aromatic rings. The molecule has 0 saturated carbocycles. The minimum Gasteiger partial charge on any atom is -0.390 e. The summed E-state index contributed by atoms with van der Waals surface area (Å²) >= 11 is 0. The second kappa shape index (κ2) is 4.85. The van der Waals surface area contributed by atoms with Gasteiger partial charge in [-0.1, -0.05) is 0 Å². The molecule has 0 aliphatic carbocycles. The van der Waals surface area contributed by atoms with Gasteiger partial charge >= 0.3 is 6.18 Å². The molecule has 1 N–H and O–H groups in total. The molecular formula is C14H10F3N3O. The van der Waals surface area contributed by atoms with Crippen molar-refractivity contribution in [1.82, 2.24) is 14.4 Å². The summed E-state index contributed by atoms with van der Waals surface area (Å²) in [5, 5.41) is 9.50. The highest BCUT2D eigenvalue weighted by atomic mass is 19.4. The van der Waals surface area contributed by atoms with Crippen molar-refractivity contribution in [1.29, 1.82) is 0 Å². The van der Waals surface area contributed by atoms with Crippen LogP contribution in [0.3, 0.4) is 0 Å². The van der Waals surface area contributed by atoms with Crippen LogP contribution in [-0.2, 0) is 12.8 Å². The van der Waals surface area contributed by atoms with Crippen LogP contribution < -0.4 is 0 Å². The van der Waals surface area contributed by atoms with Gasteiger partial charge in [0.1, 0.15) is 5.65 Å². The molecule has 108 valence electrons. The van der Waals surface area contributed by atoms with E-state index in [1.807, 2.05) is 0 Å². The van der Waals surface area contributed by atoms with Crippen LogP contribution in [0.15, 0.2) is 42.9 Å². The molecule has 3 heterocycles. The molecule has 0 spiro atoms. The molecule has 0 unspecified atom stereocenters. The summed E-state index contributed by atoms with van der Waals surface area (Å²) in [5.74, 6) is 0. The first-order valence-electron chi connectivity index (χ1n) is 6.10. The van der Waals surface area contributed by atoms with Gasteiger partial charge in [-0.25, -0.2) is 4.98 Å². The SMILES string of the molecule is OCc1c(-c2cccnc2)nc2ccc(C(F)(F)F)cn12. The lowest BCUT2D eigenvalue weighted by Crippen LogP contribution is -2.07. The third kappa shape index (κ3) is 2.36. The van der Waals surface area contributed by atoms with E-state index in [9.17, 15) is 18.3 Å². The number of hydrogen-bond donors (Lipinski definition) is 1. The maximum atomic E-state index is 12.8. The van der Waals surface area contributed by atoms with Crippen molar-refractivity contribution in [3.8, 4) is 11.3 Å². The fourth-order valence-corrected chi connectivity index (χ4v) is 2.15. The monoisotopic (exact) mass is 293 g/mol. The molecule has 0 aromatic carbocycles. The van der Waals surface area contributed by atoms with E-state index >= 15 is 0 Å². The van der Waals surface area contributed by atoms with Gasteiger partial charge in [0, 0.05) is 24.2 Å². The number of aliphatic hydroxyl groups is 1. The van der Waals surface area contributed by atoms with Crippen molar-refractivity contribution in [3.63, 3.8) is 0 Å². The van der Waals surface area contributed by atoms with Crippen LogP contribution in [0.5, 0.6) is 0 Å². The molecular weight excluding hydrogens is 283 g/mol. The van der Waals surface area contributed by atoms with Gasteiger partial charge in [-0.3, -0.25) is 4.98 Å². The van der Waals surface area contributed by atoms with Crippen molar-refractivity contribution in [2.45, 2.75) is 12.8 Å². The van der Waals surface area contributed by atoms with Gasteiger partial charge in [0.15, 0.2) is 0 Å². The van der Waals surface area contributed by atoms with Crippen molar-refractivity contribution in [3.05, 3.63) is 54.1 Å². The first-order chi connectivity index (χ1) is 10.0. The highest BCUT2D eigenvalue weighted by Gasteiger charge is 2.31. The number of nitrogens with zero attached hydrogens (tertiary/aromatic N) is 3. The number of aromatic nitrogens is 3. The Bertz CT molecular complexity index is 781. The maximum absolute atomic E-state index is 12.8. The van der Waals surface area contributed by atoms with Crippen molar-refractivity contribution in [2.24, 2.45) is 0 Å². The smallest absolute Gasteiger partial charge is 0.390 e. The molecule has 3 aromatic heterocycles. The number of pyridine rings is 2. The second-order valence-corrected chi connectivity index (χ2v) is 4.45. The van der Waals surface area contributed by atoms with Gasteiger partial charge in [0.25, 0.3) is 0 Å². The van der Waals surface area contributed by atoms with E-state index in [4.69, 9.17) is 0 Å². The Morgan fingerprint density at radius 1 is 1.19 bits per heavy atom. The zero-order valence-electron chi connectivity index (χ0n) is 10.7. The zero-order chi connectivity index (χ0) is 15.0. The first kappa shape index (κ1) is 13.6. The van der Waals surface area contributed by atoms with E-state index in [0.29, 0.717) is 22.6 Å². The Kier molecular flexibility index (Phi) is 3.13. The fourth-order valence-electron chi connectivity index (χ4n) is 2.15. The van der Waals surface area contributed by atoms with Crippen LogP contribution in [0, 0.1) is 0 Å². The Labute approximate surface area is 117 Å². The van der Waals surface area contributed by atoms with Gasteiger partial charge in [0.2, 0.25) is 0 Å². The summed E-state index contributed by atoms with van der Waals surface area (Å²) in [6, 6.07) is 5.68. The van der Waals surface area contributed by atoms with Gasteiger partial charge in [-0.05, 0) is 24.3 Å². The van der Waals surface area contributed by atoms with E-state index in [1.165, 1.54) is 10.5 Å². The largest absolute Gasteiger partial charge is 0.417 e. The van der Waals surface area contributed by atoms with Crippen LogP contribution in [0.25, 0.3) is 16.9 Å². The molecule has 0 saturated heterocycles. The number of imidazole rings is 1. The molecule has 21 heavy (non-hydrogen) atoms. The number of aliphatic hydroxyl groups excluding tert-OH is 1. The summed E-state index contributed by atoms with van der Waals surface area (Å²) in [4.78, 5) is 8.23. The van der Waals surface area contributed by atoms with E-state index in [1.54, 1.807) is 24.5 Å². The van der Waals surface area contributed by atoms with Gasteiger partial charge in [-0.2, -0.15) is 13.2 Å². The van der Waals surface area contributed by atoms with Crippen LogP contribution in [0.2, 0.25) is 0 Å². The number of hydrogen-bond acceptors (Lipinski definition) is 3. The molecule has 0 fully saturated rings. The highest BCUT2D eigenvalue weighted by Crippen LogP contribution is 2.31. The third-order valence-corrected chi connectivity index (χ3v) is 3.13. The average molecular weight is 293 g/mol. The van der Waals surface area contributed by atoms with Crippen LogP contribution in [-0.4, -0.2) is 19.5 Å². The number of halogens is 3. The molecule has 0 aliphatic rings. The normalized spacial score (nSPS) is 12.0. The lowest BCUT2D eigenvalue weighted by Gasteiger charge is -2.07. The maximum Gasteiger partial charge on any atom is 0.417 e. The van der Waals surface area contributed by atoms with Gasteiger partial charge in [0.05, 0.1) is 23.6 Å². The zero-order valence-corrected chi connectivity index (χ0v) is 10.7. The molecule has 3 rings (SSSR count). The molecule has 0 radical (unpaired) electrons. The summed E-state index contributed by atoms with van der Waals surface area (Å²) in [6.07, 6.45) is -0.376. The number of alkyl halides is 3. The number of rotatable bonds is 2. The molecule has 4 nitrogen and oxygen atoms in total. The van der Waals surface area contributed by atoms with Gasteiger partial charge < -0.3 is 9.51 Å². The van der Waals surface area contributed by atoms with Crippen molar-refractivity contribution >= 4 is 5.65 Å². The van der Waals surface area contributed by atoms with Crippen molar-refractivity contribution in [2.75, 3.05) is 0 Å². The van der Waals surface area contributed by atoms with Crippen LogP contribution in [0.1, 0.15) is 11.3 Å².